The Bertz CT molecular complexity index is 361. The molecule has 0 fully saturated rings. The SMILES string of the molecule is CCCCc1nc(Cl)c(CNC(CC)(CC)CC)[nH]1. The minimum atomic E-state index is 0.220. The quantitative estimate of drug-likeness (QED) is 0.703. The van der Waals surface area contributed by atoms with E-state index in [9.17, 15) is 0 Å². The lowest BCUT2D eigenvalue weighted by Gasteiger charge is -2.31. The van der Waals surface area contributed by atoms with Gasteiger partial charge in [0.15, 0.2) is 5.15 Å². The highest BCUT2D eigenvalue weighted by molar-refractivity contribution is 6.30. The molecule has 1 aromatic heterocycles. The smallest absolute Gasteiger partial charge is 0.151 e. The predicted molar refractivity (Wildman–Crippen MR) is 82.7 cm³/mol. The van der Waals surface area contributed by atoms with E-state index in [0.29, 0.717) is 5.15 Å². The van der Waals surface area contributed by atoms with Gasteiger partial charge in [0.2, 0.25) is 0 Å². The molecule has 1 heterocycles. The number of aryl methyl sites for hydroxylation is 1. The molecule has 0 amide bonds. The molecule has 0 saturated carbocycles. The normalized spacial score (nSPS) is 12.1. The van der Waals surface area contributed by atoms with Crippen LogP contribution in [0.2, 0.25) is 5.15 Å². The van der Waals surface area contributed by atoms with Crippen LogP contribution in [0, 0.1) is 0 Å². The molecule has 0 aliphatic carbocycles. The van der Waals surface area contributed by atoms with E-state index in [2.05, 4.69) is 43.0 Å². The summed E-state index contributed by atoms with van der Waals surface area (Å²) in [4.78, 5) is 7.75. The minimum absolute atomic E-state index is 0.220. The third-order valence-corrected chi connectivity index (χ3v) is 4.53. The second-order valence-electron chi connectivity index (χ2n) is 5.25. The van der Waals surface area contributed by atoms with Crippen LogP contribution in [-0.4, -0.2) is 15.5 Å². The van der Waals surface area contributed by atoms with E-state index in [1.54, 1.807) is 0 Å². The number of aromatic amines is 1. The summed E-state index contributed by atoms with van der Waals surface area (Å²) in [5, 5.41) is 4.27. The lowest BCUT2D eigenvalue weighted by Crippen LogP contribution is -2.43. The summed E-state index contributed by atoms with van der Waals surface area (Å²) in [7, 11) is 0. The van der Waals surface area contributed by atoms with E-state index in [1.165, 1.54) is 6.42 Å². The van der Waals surface area contributed by atoms with Crippen LogP contribution in [0.15, 0.2) is 0 Å². The second kappa shape index (κ2) is 7.91. The number of unbranched alkanes of at least 4 members (excludes halogenated alkanes) is 1. The maximum atomic E-state index is 6.20. The molecular formula is C15H28ClN3. The molecule has 0 aliphatic rings. The van der Waals surface area contributed by atoms with Gasteiger partial charge in [-0.3, -0.25) is 0 Å². The third kappa shape index (κ3) is 4.50. The van der Waals surface area contributed by atoms with Gasteiger partial charge in [0.1, 0.15) is 5.82 Å². The topological polar surface area (TPSA) is 40.7 Å². The average molecular weight is 286 g/mol. The molecule has 2 N–H and O–H groups in total. The largest absolute Gasteiger partial charge is 0.344 e. The maximum absolute atomic E-state index is 6.20. The van der Waals surface area contributed by atoms with Crippen molar-refractivity contribution in [1.29, 1.82) is 0 Å². The van der Waals surface area contributed by atoms with Crippen molar-refractivity contribution in [2.75, 3.05) is 0 Å². The molecule has 0 radical (unpaired) electrons. The second-order valence-corrected chi connectivity index (χ2v) is 5.61. The molecule has 0 aliphatic heterocycles. The van der Waals surface area contributed by atoms with Gasteiger partial charge in [-0.2, -0.15) is 0 Å². The zero-order valence-corrected chi connectivity index (χ0v) is 13.5. The Kier molecular flexibility index (Phi) is 6.87. The molecule has 0 atom stereocenters. The maximum Gasteiger partial charge on any atom is 0.151 e. The minimum Gasteiger partial charge on any atom is -0.344 e. The molecule has 0 aromatic carbocycles. The number of rotatable bonds is 9. The Hall–Kier alpha value is -0.540. The van der Waals surface area contributed by atoms with Crippen molar-refractivity contribution in [3.8, 4) is 0 Å². The number of imidazole rings is 1. The van der Waals surface area contributed by atoms with Crippen molar-refractivity contribution in [3.63, 3.8) is 0 Å². The highest BCUT2D eigenvalue weighted by atomic mass is 35.5. The van der Waals surface area contributed by atoms with Crippen LogP contribution in [0.4, 0.5) is 0 Å². The van der Waals surface area contributed by atoms with Crippen LogP contribution in [0.1, 0.15) is 71.3 Å². The van der Waals surface area contributed by atoms with Crippen molar-refractivity contribution in [2.24, 2.45) is 0 Å². The van der Waals surface area contributed by atoms with E-state index < -0.39 is 0 Å². The van der Waals surface area contributed by atoms with Crippen LogP contribution in [0.3, 0.4) is 0 Å². The van der Waals surface area contributed by atoms with Gasteiger partial charge in [-0.05, 0) is 25.7 Å². The van der Waals surface area contributed by atoms with Crippen molar-refractivity contribution >= 4 is 11.6 Å². The predicted octanol–water partition coefficient (Wildman–Crippen LogP) is 4.46. The molecule has 0 spiro atoms. The molecule has 110 valence electrons. The number of hydrogen-bond donors (Lipinski definition) is 2. The van der Waals surface area contributed by atoms with Gasteiger partial charge >= 0.3 is 0 Å². The summed E-state index contributed by atoms with van der Waals surface area (Å²) in [6.45, 7) is 9.67. The van der Waals surface area contributed by atoms with Crippen molar-refractivity contribution in [2.45, 2.75) is 78.3 Å². The van der Waals surface area contributed by atoms with Gasteiger partial charge in [0.25, 0.3) is 0 Å². The summed E-state index contributed by atoms with van der Waals surface area (Å²) >= 11 is 6.20. The molecule has 1 rings (SSSR count). The van der Waals surface area contributed by atoms with Gasteiger partial charge in [-0.25, -0.2) is 4.98 Å². The molecule has 0 unspecified atom stereocenters. The van der Waals surface area contributed by atoms with Crippen molar-refractivity contribution in [3.05, 3.63) is 16.7 Å². The molecule has 4 heteroatoms. The fraction of sp³-hybridized carbons (Fsp3) is 0.800. The van der Waals surface area contributed by atoms with Crippen LogP contribution in [0.25, 0.3) is 0 Å². The van der Waals surface area contributed by atoms with Crippen molar-refractivity contribution in [1.82, 2.24) is 15.3 Å². The van der Waals surface area contributed by atoms with E-state index in [4.69, 9.17) is 11.6 Å². The number of nitrogens with one attached hydrogen (secondary N) is 2. The van der Waals surface area contributed by atoms with Gasteiger partial charge < -0.3 is 10.3 Å². The molecule has 0 bridgehead atoms. The molecule has 0 saturated heterocycles. The monoisotopic (exact) mass is 285 g/mol. The fourth-order valence-electron chi connectivity index (χ4n) is 2.42. The first kappa shape index (κ1) is 16.5. The molecule has 3 nitrogen and oxygen atoms in total. The Morgan fingerprint density at radius 2 is 1.79 bits per heavy atom. The first-order valence-corrected chi connectivity index (χ1v) is 7.96. The lowest BCUT2D eigenvalue weighted by atomic mass is 9.90. The third-order valence-electron chi connectivity index (χ3n) is 4.21. The highest BCUT2D eigenvalue weighted by Gasteiger charge is 2.23. The Morgan fingerprint density at radius 1 is 1.16 bits per heavy atom. The number of aromatic nitrogens is 2. The van der Waals surface area contributed by atoms with E-state index >= 15 is 0 Å². The van der Waals surface area contributed by atoms with Crippen molar-refractivity contribution < 1.29 is 0 Å². The van der Waals surface area contributed by atoms with Crippen LogP contribution < -0.4 is 5.32 Å². The fourth-order valence-corrected chi connectivity index (χ4v) is 2.64. The number of halogens is 1. The number of hydrogen-bond acceptors (Lipinski definition) is 2. The number of nitrogens with zero attached hydrogens (tertiary/aromatic N) is 1. The van der Waals surface area contributed by atoms with E-state index in [0.717, 1.165) is 50.2 Å². The molecular weight excluding hydrogens is 258 g/mol. The average Bonchev–Trinajstić information content (AvgIpc) is 2.79. The Labute approximate surface area is 122 Å². The summed E-state index contributed by atoms with van der Waals surface area (Å²) in [5.74, 6) is 1.01. The number of H-pyrrole nitrogens is 1. The molecule has 19 heavy (non-hydrogen) atoms. The van der Waals surface area contributed by atoms with E-state index in [-0.39, 0.29) is 5.54 Å². The Balaban J connectivity index is 2.64. The zero-order chi connectivity index (χ0) is 14.3. The molecule has 1 aromatic rings. The van der Waals surface area contributed by atoms with E-state index in [1.807, 2.05) is 0 Å². The standard InChI is InChI=1S/C15H28ClN3/c1-5-9-10-13-18-12(14(16)19-13)11-17-15(6-2,7-3)8-4/h17H,5-11H2,1-4H3,(H,18,19). The zero-order valence-electron chi connectivity index (χ0n) is 12.8. The van der Waals surface area contributed by atoms with Crippen LogP contribution in [-0.2, 0) is 13.0 Å². The van der Waals surface area contributed by atoms with Gasteiger partial charge in [0, 0.05) is 18.5 Å². The lowest BCUT2D eigenvalue weighted by molar-refractivity contribution is 0.287. The van der Waals surface area contributed by atoms with Gasteiger partial charge in [-0.15, -0.1) is 0 Å². The summed E-state index contributed by atoms with van der Waals surface area (Å²) in [6, 6.07) is 0. The summed E-state index contributed by atoms with van der Waals surface area (Å²) < 4.78 is 0. The van der Waals surface area contributed by atoms with Gasteiger partial charge in [0.05, 0.1) is 5.69 Å². The first-order valence-electron chi connectivity index (χ1n) is 7.59. The van der Waals surface area contributed by atoms with Crippen LogP contribution >= 0.6 is 11.6 Å². The van der Waals surface area contributed by atoms with Crippen LogP contribution in [0.5, 0.6) is 0 Å². The summed E-state index contributed by atoms with van der Waals surface area (Å²) in [5.41, 5.74) is 1.24. The highest BCUT2D eigenvalue weighted by Crippen LogP contribution is 2.21. The van der Waals surface area contributed by atoms with Gasteiger partial charge in [-0.1, -0.05) is 45.7 Å². The Morgan fingerprint density at radius 3 is 2.32 bits per heavy atom. The first-order chi connectivity index (χ1) is 9.10. The summed E-state index contributed by atoms with van der Waals surface area (Å²) in [6.07, 6.45) is 6.71.